The number of Topliss-reactive ketones (excluding diaryl/α,β-unsaturated/α-hetero) is 1. The van der Waals surface area contributed by atoms with Crippen LogP contribution in [0.3, 0.4) is 0 Å². The Morgan fingerprint density at radius 1 is 1.30 bits per heavy atom. The molecule has 0 bridgehead atoms. The lowest BCUT2D eigenvalue weighted by molar-refractivity contribution is -0.116. The van der Waals surface area contributed by atoms with Crippen LogP contribution in [0.1, 0.15) is 41.2 Å². The van der Waals surface area contributed by atoms with Crippen molar-refractivity contribution >= 4 is 50.5 Å². The number of carbonyl (C=O) groups excluding carboxylic acids is 1. The van der Waals surface area contributed by atoms with E-state index in [0.717, 1.165) is 49.6 Å². The van der Waals surface area contributed by atoms with Gasteiger partial charge < -0.3 is 5.73 Å². The number of hydrogen-bond acceptors (Lipinski definition) is 6. The van der Waals surface area contributed by atoms with Gasteiger partial charge in [0.25, 0.3) is 0 Å². The first kappa shape index (κ1) is 21.2. The van der Waals surface area contributed by atoms with Crippen LogP contribution in [0.25, 0.3) is 0 Å². The van der Waals surface area contributed by atoms with Crippen molar-refractivity contribution in [3.8, 4) is 6.07 Å². The van der Waals surface area contributed by atoms with Crippen LogP contribution >= 0.6 is 39.0 Å². The van der Waals surface area contributed by atoms with Gasteiger partial charge >= 0.3 is 0 Å². The summed E-state index contributed by atoms with van der Waals surface area (Å²) in [6.45, 7) is 4.08. The van der Waals surface area contributed by atoms with Crippen molar-refractivity contribution in [3.05, 3.63) is 67.4 Å². The van der Waals surface area contributed by atoms with Gasteiger partial charge in [-0.3, -0.25) is 9.69 Å². The van der Waals surface area contributed by atoms with Crippen LogP contribution < -0.4 is 10.6 Å². The molecule has 0 radical (unpaired) electrons. The van der Waals surface area contributed by atoms with Crippen LogP contribution in [0.15, 0.2) is 55.6 Å². The Morgan fingerprint density at radius 2 is 2.07 bits per heavy atom. The summed E-state index contributed by atoms with van der Waals surface area (Å²) in [4.78, 5) is 16.3. The van der Waals surface area contributed by atoms with Crippen molar-refractivity contribution in [2.45, 2.75) is 43.2 Å². The Kier molecular flexibility index (Phi) is 5.84. The third-order valence-corrected chi connectivity index (χ3v) is 8.37. The molecule has 0 spiro atoms. The van der Waals surface area contributed by atoms with Crippen LogP contribution in [0, 0.1) is 25.2 Å². The van der Waals surface area contributed by atoms with Gasteiger partial charge in [0.05, 0.1) is 27.5 Å². The van der Waals surface area contributed by atoms with E-state index < -0.39 is 5.92 Å². The highest BCUT2D eigenvalue weighted by molar-refractivity contribution is 9.10. The Balaban J connectivity index is 2.01. The summed E-state index contributed by atoms with van der Waals surface area (Å²) in [6.07, 6.45) is 4.11. The summed E-state index contributed by atoms with van der Waals surface area (Å²) >= 11 is 6.88. The molecule has 1 aromatic carbocycles. The standard InChI is InChI=1S/C23H22BrN3OS2/c1-12-9-14(24)7-8-17(12)27-18-5-4-6-19(28)21(18)20(16(11-25)22(27)26)15-10-13(2)30-23(15)29-3/h7-10,20H,4-6,26H2,1-3H3/t20-/m0/s1. The van der Waals surface area contributed by atoms with E-state index in [1.165, 1.54) is 4.88 Å². The maximum Gasteiger partial charge on any atom is 0.161 e. The van der Waals surface area contributed by atoms with Gasteiger partial charge in [-0.1, -0.05) is 15.9 Å². The molecule has 2 heterocycles. The number of thiophene rings is 1. The summed E-state index contributed by atoms with van der Waals surface area (Å²) in [7, 11) is 0. The zero-order valence-corrected chi connectivity index (χ0v) is 20.3. The lowest BCUT2D eigenvalue weighted by atomic mass is 9.76. The summed E-state index contributed by atoms with van der Waals surface area (Å²) in [5, 5.41) is 10.2. The number of nitriles is 1. The average Bonchev–Trinajstić information content (AvgIpc) is 3.08. The van der Waals surface area contributed by atoms with Gasteiger partial charge in [0.15, 0.2) is 5.78 Å². The molecule has 0 fully saturated rings. The van der Waals surface area contributed by atoms with E-state index in [9.17, 15) is 10.1 Å². The molecule has 2 N–H and O–H groups in total. The van der Waals surface area contributed by atoms with Gasteiger partial charge in [0.2, 0.25) is 0 Å². The van der Waals surface area contributed by atoms with Crippen molar-refractivity contribution in [3.63, 3.8) is 0 Å². The largest absolute Gasteiger partial charge is 0.384 e. The van der Waals surface area contributed by atoms with Crippen molar-refractivity contribution in [1.29, 1.82) is 5.26 Å². The molecule has 1 aliphatic carbocycles. The quantitative estimate of drug-likeness (QED) is 0.512. The van der Waals surface area contributed by atoms with E-state index in [1.54, 1.807) is 23.1 Å². The number of allylic oxidation sites excluding steroid dienone is 3. The fraction of sp³-hybridized carbons (Fsp3) is 0.304. The number of nitrogens with zero attached hydrogens (tertiary/aromatic N) is 2. The maximum atomic E-state index is 13.2. The number of nitrogens with two attached hydrogens (primary N) is 1. The SMILES string of the molecule is CSc1sc(C)cc1[C@H]1C(C#N)=C(N)N(c2ccc(Br)cc2C)C2=C1C(=O)CCC2. The van der Waals surface area contributed by atoms with Crippen molar-refractivity contribution in [2.24, 2.45) is 5.73 Å². The first-order valence-corrected chi connectivity index (χ1v) is 12.6. The van der Waals surface area contributed by atoms with Crippen molar-refractivity contribution < 1.29 is 4.79 Å². The Morgan fingerprint density at radius 3 is 2.73 bits per heavy atom. The molecule has 1 atom stereocenters. The second-order valence-corrected chi connectivity index (χ2v) is 10.8. The predicted molar refractivity (Wildman–Crippen MR) is 128 cm³/mol. The second kappa shape index (κ2) is 8.26. The molecule has 1 aromatic heterocycles. The van der Waals surface area contributed by atoms with Gasteiger partial charge in [-0.25, -0.2) is 0 Å². The molecule has 0 unspecified atom stereocenters. The Hall–Kier alpha value is -2.01. The van der Waals surface area contributed by atoms with Crippen molar-refractivity contribution in [1.82, 2.24) is 0 Å². The smallest absolute Gasteiger partial charge is 0.161 e. The molecule has 4 nitrogen and oxygen atoms in total. The van der Waals surface area contributed by atoms with E-state index >= 15 is 0 Å². The minimum atomic E-state index is -0.391. The highest BCUT2D eigenvalue weighted by atomic mass is 79.9. The van der Waals surface area contributed by atoms with Crippen molar-refractivity contribution in [2.75, 3.05) is 11.2 Å². The molecule has 0 saturated carbocycles. The van der Waals surface area contributed by atoms with Gasteiger partial charge in [0, 0.05) is 27.0 Å². The lowest BCUT2D eigenvalue weighted by Gasteiger charge is -2.40. The second-order valence-electron chi connectivity index (χ2n) is 7.55. The molecule has 7 heteroatoms. The normalized spacial score (nSPS) is 19.2. The minimum absolute atomic E-state index is 0.122. The van der Waals surface area contributed by atoms with Crippen LogP contribution in [-0.2, 0) is 4.79 Å². The first-order valence-electron chi connectivity index (χ1n) is 9.74. The number of hydrogen-bond donors (Lipinski definition) is 1. The molecule has 1 aliphatic heterocycles. The molecule has 154 valence electrons. The number of rotatable bonds is 3. The summed E-state index contributed by atoms with van der Waals surface area (Å²) in [5.41, 5.74) is 11.8. The zero-order valence-electron chi connectivity index (χ0n) is 17.1. The maximum absolute atomic E-state index is 13.2. The fourth-order valence-electron chi connectivity index (χ4n) is 4.42. The molecular formula is C23H22BrN3OS2. The highest BCUT2D eigenvalue weighted by Crippen LogP contribution is 2.50. The van der Waals surface area contributed by atoms with Gasteiger partial charge in [-0.2, -0.15) is 5.26 Å². The fourth-order valence-corrected chi connectivity index (χ4v) is 6.80. The Bertz CT molecular complexity index is 1160. The van der Waals surface area contributed by atoms with E-state index in [0.29, 0.717) is 17.8 Å². The number of benzene rings is 1. The molecular weight excluding hydrogens is 478 g/mol. The molecule has 2 aliphatic rings. The average molecular weight is 500 g/mol. The lowest BCUT2D eigenvalue weighted by Crippen LogP contribution is -2.39. The topological polar surface area (TPSA) is 70.1 Å². The van der Waals surface area contributed by atoms with Crippen LogP contribution in [-0.4, -0.2) is 12.0 Å². The van der Waals surface area contributed by atoms with Crippen LogP contribution in [0.2, 0.25) is 0 Å². The molecule has 4 rings (SSSR count). The highest BCUT2D eigenvalue weighted by Gasteiger charge is 2.41. The van der Waals surface area contributed by atoms with E-state index in [1.807, 2.05) is 36.3 Å². The Labute approximate surface area is 193 Å². The molecule has 0 saturated heterocycles. The van der Waals surface area contributed by atoms with E-state index in [2.05, 4.69) is 35.0 Å². The number of thioether (sulfide) groups is 1. The summed E-state index contributed by atoms with van der Waals surface area (Å²) in [6, 6.07) is 10.5. The van der Waals surface area contributed by atoms with Gasteiger partial charge in [-0.05, 0) is 68.3 Å². The monoisotopic (exact) mass is 499 g/mol. The van der Waals surface area contributed by atoms with Crippen LogP contribution in [0.4, 0.5) is 5.69 Å². The van der Waals surface area contributed by atoms with Crippen LogP contribution in [0.5, 0.6) is 0 Å². The number of halogens is 1. The predicted octanol–water partition coefficient (Wildman–Crippen LogP) is 6.15. The van der Waals surface area contributed by atoms with E-state index in [4.69, 9.17) is 5.73 Å². The third kappa shape index (κ3) is 3.41. The molecule has 2 aromatic rings. The summed E-state index contributed by atoms with van der Waals surface area (Å²) < 4.78 is 2.12. The van der Waals surface area contributed by atoms with Gasteiger partial charge in [0.1, 0.15) is 5.82 Å². The number of anilines is 1. The van der Waals surface area contributed by atoms with Gasteiger partial charge in [-0.15, -0.1) is 23.1 Å². The summed E-state index contributed by atoms with van der Waals surface area (Å²) in [5.74, 6) is 0.159. The molecule has 0 amide bonds. The van der Waals surface area contributed by atoms with E-state index in [-0.39, 0.29) is 5.78 Å². The zero-order chi connectivity index (χ0) is 21.6. The minimum Gasteiger partial charge on any atom is -0.384 e. The molecule has 30 heavy (non-hydrogen) atoms. The third-order valence-electron chi connectivity index (χ3n) is 5.66. The number of carbonyl (C=O) groups is 1. The number of aryl methyl sites for hydroxylation is 2. The first-order chi connectivity index (χ1) is 14.4. The number of ketones is 1.